The van der Waals surface area contributed by atoms with Gasteiger partial charge in [-0.15, -0.1) is 0 Å². The van der Waals surface area contributed by atoms with Crippen LogP contribution in [0.25, 0.3) is 11.1 Å². The Hall–Kier alpha value is -2.87. The number of aryl methyl sites for hydroxylation is 2. The average molecular weight is 385 g/mol. The van der Waals surface area contributed by atoms with Gasteiger partial charge in [0.05, 0.1) is 5.92 Å². The molecule has 2 nitrogen and oxygen atoms in total. The first kappa shape index (κ1) is 19.4. The lowest BCUT2D eigenvalue weighted by Gasteiger charge is -2.27. The standard InChI is InChI=1S/C27H28O2/c1-19-3-7-21(8-4-19)23-11-13-25(14-12-23)27(28)29-26-17-15-24(16-18-26)22-9-5-20(2)6-10-22/h3-10,15-18,23,25H,11-14H2,1-2H3. The summed E-state index contributed by atoms with van der Waals surface area (Å²) in [6, 6.07) is 25.1. The van der Waals surface area contributed by atoms with Gasteiger partial charge in [-0.1, -0.05) is 71.8 Å². The normalized spacial score (nSPS) is 19.0. The molecule has 148 valence electrons. The second-order valence-electron chi connectivity index (χ2n) is 8.27. The first-order valence-corrected chi connectivity index (χ1v) is 10.5. The van der Waals surface area contributed by atoms with E-state index in [0.717, 1.165) is 31.2 Å². The molecule has 0 amide bonds. The number of carbonyl (C=O) groups excluding carboxylic acids is 1. The molecule has 0 aromatic heterocycles. The Balaban J connectivity index is 1.32. The van der Waals surface area contributed by atoms with Crippen LogP contribution in [-0.2, 0) is 4.79 Å². The summed E-state index contributed by atoms with van der Waals surface area (Å²) >= 11 is 0. The third-order valence-corrected chi connectivity index (χ3v) is 6.07. The van der Waals surface area contributed by atoms with Crippen LogP contribution in [0.5, 0.6) is 5.75 Å². The molecule has 0 heterocycles. The van der Waals surface area contributed by atoms with Gasteiger partial charge in [0.1, 0.15) is 5.75 Å². The van der Waals surface area contributed by atoms with Crippen molar-refractivity contribution in [3.63, 3.8) is 0 Å². The largest absolute Gasteiger partial charge is 0.426 e. The summed E-state index contributed by atoms with van der Waals surface area (Å²) in [5.74, 6) is 1.11. The Morgan fingerprint density at radius 1 is 0.690 bits per heavy atom. The van der Waals surface area contributed by atoms with Crippen LogP contribution in [0.3, 0.4) is 0 Å². The van der Waals surface area contributed by atoms with Crippen molar-refractivity contribution >= 4 is 5.97 Å². The third kappa shape index (κ3) is 4.76. The molecule has 0 bridgehead atoms. The molecule has 0 N–H and O–H groups in total. The van der Waals surface area contributed by atoms with Crippen molar-refractivity contribution in [3.05, 3.63) is 89.5 Å². The maximum absolute atomic E-state index is 12.6. The lowest BCUT2D eigenvalue weighted by Crippen LogP contribution is -2.25. The topological polar surface area (TPSA) is 26.3 Å². The molecule has 0 aliphatic heterocycles. The van der Waals surface area contributed by atoms with E-state index in [1.165, 1.54) is 22.3 Å². The van der Waals surface area contributed by atoms with Gasteiger partial charge in [0, 0.05) is 0 Å². The lowest BCUT2D eigenvalue weighted by atomic mass is 9.78. The minimum atomic E-state index is -0.0876. The number of rotatable bonds is 4. The van der Waals surface area contributed by atoms with E-state index in [4.69, 9.17) is 4.74 Å². The summed E-state index contributed by atoms with van der Waals surface area (Å²) in [5.41, 5.74) is 6.23. The van der Waals surface area contributed by atoms with Crippen LogP contribution < -0.4 is 4.74 Å². The van der Waals surface area contributed by atoms with E-state index in [1.54, 1.807) is 0 Å². The Kier molecular flexibility index (Phi) is 5.80. The minimum Gasteiger partial charge on any atom is -0.426 e. The number of hydrogen-bond donors (Lipinski definition) is 0. The SMILES string of the molecule is Cc1ccc(-c2ccc(OC(=O)C3CCC(c4ccc(C)cc4)CC3)cc2)cc1. The Bertz CT molecular complexity index is 945. The molecule has 1 aliphatic rings. The molecule has 29 heavy (non-hydrogen) atoms. The van der Waals surface area contributed by atoms with Crippen LogP contribution in [-0.4, -0.2) is 5.97 Å². The van der Waals surface area contributed by atoms with Gasteiger partial charge in [-0.05, 0) is 74.3 Å². The second-order valence-corrected chi connectivity index (χ2v) is 8.27. The molecule has 0 spiro atoms. The van der Waals surface area contributed by atoms with Crippen molar-refractivity contribution in [2.24, 2.45) is 5.92 Å². The van der Waals surface area contributed by atoms with Gasteiger partial charge >= 0.3 is 5.97 Å². The van der Waals surface area contributed by atoms with E-state index < -0.39 is 0 Å². The van der Waals surface area contributed by atoms with Gasteiger partial charge in [0.25, 0.3) is 0 Å². The van der Waals surface area contributed by atoms with E-state index in [0.29, 0.717) is 11.7 Å². The molecule has 1 aliphatic carbocycles. The fraction of sp³-hybridized carbons (Fsp3) is 0.296. The van der Waals surface area contributed by atoms with E-state index in [9.17, 15) is 4.79 Å². The van der Waals surface area contributed by atoms with E-state index in [2.05, 4.69) is 62.4 Å². The van der Waals surface area contributed by atoms with Crippen molar-refractivity contribution in [1.82, 2.24) is 0 Å². The molecule has 0 atom stereocenters. The smallest absolute Gasteiger partial charge is 0.314 e. The first-order valence-electron chi connectivity index (χ1n) is 10.5. The Morgan fingerprint density at radius 2 is 1.17 bits per heavy atom. The van der Waals surface area contributed by atoms with Crippen molar-refractivity contribution in [2.75, 3.05) is 0 Å². The maximum Gasteiger partial charge on any atom is 0.314 e. The van der Waals surface area contributed by atoms with Crippen LogP contribution in [0, 0.1) is 19.8 Å². The van der Waals surface area contributed by atoms with Crippen LogP contribution in [0.1, 0.15) is 48.3 Å². The highest BCUT2D eigenvalue weighted by Gasteiger charge is 2.28. The summed E-state index contributed by atoms with van der Waals surface area (Å²) in [7, 11) is 0. The number of carbonyl (C=O) groups is 1. The van der Waals surface area contributed by atoms with Crippen molar-refractivity contribution in [2.45, 2.75) is 45.4 Å². The molecule has 0 saturated heterocycles. The molecular formula is C27H28O2. The predicted octanol–water partition coefficient (Wildman–Crippen LogP) is 6.85. The Morgan fingerprint density at radius 3 is 1.72 bits per heavy atom. The quantitative estimate of drug-likeness (QED) is 0.363. The van der Waals surface area contributed by atoms with Crippen LogP contribution in [0.15, 0.2) is 72.8 Å². The summed E-state index contributed by atoms with van der Waals surface area (Å²) in [5, 5.41) is 0. The second kappa shape index (κ2) is 8.65. The summed E-state index contributed by atoms with van der Waals surface area (Å²) in [6.07, 6.45) is 3.90. The zero-order valence-electron chi connectivity index (χ0n) is 17.2. The molecule has 4 rings (SSSR count). The van der Waals surface area contributed by atoms with Crippen molar-refractivity contribution in [1.29, 1.82) is 0 Å². The van der Waals surface area contributed by atoms with Gasteiger partial charge < -0.3 is 4.74 Å². The summed E-state index contributed by atoms with van der Waals surface area (Å²) in [6.45, 7) is 4.20. The zero-order valence-corrected chi connectivity index (χ0v) is 17.2. The number of ether oxygens (including phenoxy) is 1. The number of hydrogen-bond acceptors (Lipinski definition) is 2. The molecular weight excluding hydrogens is 356 g/mol. The highest BCUT2D eigenvalue weighted by Crippen LogP contribution is 2.36. The predicted molar refractivity (Wildman–Crippen MR) is 118 cm³/mol. The average Bonchev–Trinajstić information content (AvgIpc) is 2.76. The van der Waals surface area contributed by atoms with Crippen LogP contribution >= 0.6 is 0 Å². The monoisotopic (exact) mass is 384 g/mol. The third-order valence-electron chi connectivity index (χ3n) is 6.07. The van der Waals surface area contributed by atoms with Crippen molar-refractivity contribution < 1.29 is 9.53 Å². The highest BCUT2D eigenvalue weighted by molar-refractivity contribution is 5.75. The van der Waals surface area contributed by atoms with Gasteiger partial charge in [-0.25, -0.2) is 0 Å². The maximum atomic E-state index is 12.6. The lowest BCUT2D eigenvalue weighted by molar-refractivity contribution is -0.140. The summed E-state index contributed by atoms with van der Waals surface area (Å²) in [4.78, 5) is 12.6. The molecule has 1 saturated carbocycles. The molecule has 3 aromatic rings. The van der Waals surface area contributed by atoms with Crippen LogP contribution in [0.2, 0.25) is 0 Å². The molecule has 0 unspecified atom stereocenters. The van der Waals surface area contributed by atoms with Crippen molar-refractivity contribution in [3.8, 4) is 16.9 Å². The van der Waals surface area contributed by atoms with Gasteiger partial charge in [0.2, 0.25) is 0 Å². The van der Waals surface area contributed by atoms with Gasteiger partial charge in [-0.3, -0.25) is 4.79 Å². The molecule has 3 aromatic carbocycles. The fourth-order valence-corrected chi connectivity index (χ4v) is 4.16. The molecule has 1 fully saturated rings. The minimum absolute atomic E-state index is 0.00785. The number of esters is 1. The highest BCUT2D eigenvalue weighted by atomic mass is 16.5. The first-order chi connectivity index (χ1) is 14.1. The Labute approximate surface area is 173 Å². The van der Waals surface area contributed by atoms with Gasteiger partial charge in [-0.2, -0.15) is 0 Å². The van der Waals surface area contributed by atoms with Gasteiger partial charge in [0.15, 0.2) is 0 Å². The van der Waals surface area contributed by atoms with E-state index in [1.807, 2.05) is 24.3 Å². The number of benzene rings is 3. The van der Waals surface area contributed by atoms with E-state index >= 15 is 0 Å². The molecule has 0 radical (unpaired) electrons. The van der Waals surface area contributed by atoms with E-state index in [-0.39, 0.29) is 11.9 Å². The van der Waals surface area contributed by atoms with Crippen LogP contribution in [0.4, 0.5) is 0 Å². The fourth-order valence-electron chi connectivity index (χ4n) is 4.16. The zero-order chi connectivity index (χ0) is 20.2. The molecule has 2 heteroatoms. The summed E-state index contributed by atoms with van der Waals surface area (Å²) < 4.78 is 5.68.